The molecule has 0 aliphatic carbocycles. The van der Waals surface area contributed by atoms with Crippen LogP contribution in [0.4, 0.5) is 68.2 Å². The van der Waals surface area contributed by atoms with Crippen LogP contribution in [0, 0.1) is 0 Å². The summed E-state index contributed by atoms with van der Waals surface area (Å²) in [6.07, 6.45) is 0. The number of fused-ring (bicyclic) bond motifs is 8. The topological polar surface area (TPSA) is 13.0 Å². The second-order valence-electron chi connectivity index (χ2n) is 27.0. The number of hydrogen-bond donors (Lipinski definition) is 0. The third-order valence-corrected chi connectivity index (χ3v) is 23.4. The first-order chi connectivity index (χ1) is 51.6. The summed E-state index contributed by atoms with van der Waals surface area (Å²) in [5.41, 5.74) is 32.6. The molecule has 0 atom stereocenters. The van der Waals surface area contributed by atoms with E-state index in [1.807, 2.05) is 23.5 Å². The predicted molar refractivity (Wildman–Crippen MR) is 443 cm³/mol. The molecular formula is C96H64B2N4S2. The van der Waals surface area contributed by atoms with Gasteiger partial charge >= 0.3 is 0 Å². The number of anilines is 12. The third kappa shape index (κ3) is 10.5. The van der Waals surface area contributed by atoms with E-state index in [1.54, 1.807) is 0 Å². The average Bonchev–Trinajstić information content (AvgIpc) is 0.687. The molecule has 0 bridgehead atoms. The summed E-state index contributed by atoms with van der Waals surface area (Å²) in [6.45, 7) is -0.225. The molecule has 0 unspecified atom stereocenters. The molecule has 4 aliphatic heterocycles. The molecule has 486 valence electrons. The third-order valence-electron chi connectivity index (χ3n) is 21.1. The molecule has 0 radical (unpaired) electrons. The Balaban J connectivity index is 0.848. The Labute approximate surface area is 616 Å². The Hall–Kier alpha value is -12.5. The lowest BCUT2D eigenvalue weighted by Crippen LogP contribution is -2.64. The maximum absolute atomic E-state index is 2.65. The average molecular weight is 1360 g/mol. The van der Waals surface area contributed by atoms with E-state index in [9.17, 15) is 0 Å². The van der Waals surface area contributed by atoms with Gasteiger partial charge < -0.3 is 19.6 Å². The fourth-order valence-electron chi connectivity index (χ4n) is 16.5. The van der Waals surface area contributed by atoms with E-state index >= 15 is 0 Å². The van der Waals surface area contributed by atoms with Gasteiger partial charge in [0.15, 0.2) is 0 Å². The quantitative estimate of drug-likeness (QED) is 0.106. The van der Waals surface area contributed by atoms with E-state index in [1.165, 1.54) is 74.6 Å². The van der Waals surface area contributed by atoms with Crippen LogP contribution < -0.4 is 52.4 Å². The minimum atomic E-state index is -0.172. The normalized spacial score (nSPS) is 12.7. The molecule has 16 aromatic carbocycles. The van der Waals surface area contributed by atoms with E-state index in [4.69, 9.17) is 0 Å². The van der Waals surface area contributed by atoms with Crippen LogP contribution >= 0.6 is 23.5 Å². The van der Waals surface area contributed by atoms with Gasteiger partial charge in [0.1, 0.15) is 0 Å². The fourth-order valence-corrected chi connectivity index (χ4v) is 19.0. The van der Waals surface area contributed by atoms with Crippen molar-refractivity contribution in [3.8, 4) is 55.6 Å². The zero-order chi connectivity index (χ0) is 68.6. The Morgan fingerprint density at radius 2 is 0.606 bits per heavy atom. The smallest absolute Gasteiger partial charge is 0.252 e. The van der Waals surface area contributed by atoms with E-state index < -0.39 is 0 Å². The SMILES string of the molecule is c1ccc(-c2ccc(N(c3cc4c5c(c3)Sc3cc6c(cc3B5c3ccccc3S4)B3c4ccccc4N(c4ccccc4)c4cc(N(c5ccc(-c7ccccc7)cc5)c5ccccc5-c5ccccc5)cc(c43)N6c3ccccc3-c3ccccc3)c3ccccc3-c3ccccc3)cc2)cc1. The summed E-state index contributed by atoms with van der Waals surface area (Å²) in [5, 5.41) is 0. The number of rotatable bonds is 13. The van der Waals surface area contributed by atoms with Crippen LogP contribution in [0.3, 0.4) is 0 Å². The van der Waals surface area contributed by atoms with Crippen LogP contribution in [0.1, 0.15) is 0 Å². The molecular weight excluding hydrogens is 1290 g/mol. The molecule has 0 saturated heterocycles. The van der Waals surface area contributed by atoms with Crippen LogP contribution in [-0.4, -0.2) is 13.4 Å². The minimum absolute atomic E-state index is 0.0530. The van der Waals surface area contributed by atoms with Crippen molar-refractivity contribution in [3.63, 3.8) is 0 Å². The van der Waals surface area contributed by atoms with Crippen molar-refractivity contribution in [3.05, 3.63) is 388 Å². The van der Waals surface area contributed by atoms with Gasteiger partial charge in [-0.1, -0.05) is 326 Å². The highest BCUT2D eigenvalue weighted by Crippen LogP contribution is 2.53. The Kier molecular flexibility index (Phi) is 15.3. The molecule has 104 heavy (non-hydrogen) atoms. The maximum Gasteiger partial charge on any atom is 0.252 e. The van der Waals surface area contributed by atoms with E-state index in [2.05, 4.69) is 408 Å². The molecule has 4 heterocycles. The van der Waals surface area contributed by atoms with Gasteiger partial charge in [-0.15, -0.1) is 0 Å². The molecule has 0 amide bonds. The minimum Gasteiger partial charge on any atom is -0.311 e. The monoisotopic (exact) mass is 1360 g/mol. The van der Waals surface area contributed by atoms with E-state index in [-0.39, 0.29) is 13.4 Å². The van der Waals surface area contributed by atoms with Gasteiger partial charge in [-0.05, 0) is 158 Å². The molecule has 0 saturated carbocycles. The van der Waals surface area contributed by atoms with Gasteiger partial charge in [0.25, 0.3) is 6.71 Å². The molecule has 0 fully saturated rings. The summed E-state index contributed by atoms with van der Waals surface area (Å²) in [6, 6.07) is 144. The van der Waals surface area contributed by atoms with Crippen LogP contribution in [0.15, 0.2) is 408 Å². The van der Waals surface area contributed by atoms with Gasteiger partial charge in [0.05, 0.1) is 22.7 Å². The summed E-state index contributed by atoms with van der Waals surface area (Å²) in [4.78, 5) is 15.2. The molecule has 20 rings (SSSR count). The van der Waals surface area contributed by atoms with Crippen molar-refractivity contribution in [2.45, 2.75) is 19.6 Å². The standard InChI is InChI=1S/C96H64B2N4S2/c1-7-29-65(30-8-1)67-51-55-73(56-52-67)99(84-46-24-19-41-77(84)69-33-11-3-12-34-69)75-59-89-95-90(60-75)102(86-48-26-21-43-79(86)71-37-15-5-16-38-71)88-64-92-83(63-82(88)97(95)80-44-22-27-49-87(80)101(89)72-39-17-6-18-40-72)98-81-45-23-28-50-91(81)103-93-61-76(62-94(104-92)96(93)98)100(74-57-53-68(54-58-74)66-31-9-2-10-32-66)85-47-25-20-42-78(85)70-35-13-4-14-36-70/h1-64H. The van der Waals surface area contributed by atoms with Crippen molar-refractivity contribution >= 4 is 138 Å². The van der Waals surface area contributed by atoms with Gasteiger partial charge in [0.2, 0.25) is 6.71 Å². The highest BCUT2D eigenvalue weighted by Gasteiger charge is 2.47. The van der Waals surface area contributed by atoms with Gasteiger partial charge in [-0.25, -0.2) is 0 Å². The second-order valence-corrected chi connectivity index (χ2v) is 29.2. The first kappa shape index (κ1) is 61.4. The van der Waals surface area contributed by atoms with Gasteiger partial charge in [0, 0.05) is 81.8 Å². The number of para-hydroxylation sites is 5. The zero-order valence-corrected chi connectivity index (χ0v) is 58.3. The lowest BCUT2D eigenvalue weighted by Gasteiger charge is -2.46. The first-order valence-electron chi connectivity index (χ1n) is 35.7. The molecule has 0 spiro atoms. The largest absolute Gasteiger partial charge is 0.311 e. The molecule has 4 nitrogen and oxygen atoms in total. The van der Waals surface area contributed by atoms with Crippen molar-refractivity contribution in [1.29, 1.82) is 0 Å². The van der Waals surface area contributed by atoms with Gasteiger partial charge in [-0.2, -0.15) is 0 Å². The molecule has 4 aliphatic rings. The fraction of sp³-hybridized carbons (Fsp3) is 0. The predicted octanol–water partition coefficient (Wildman–Crippen LogP) is 22.5. The van der Waals surface area contributed by atoms with Crippen molar-refractivity contribution in [1.82, 2.24) is 0 Å². The summed E-state index contributed by atoms with van der Waals surface area (Å²) < 4.78 is 0. The van der Waals surface area contributed by atoms with E-state index in [0.29, 0.717) is 0 Å². The molecule has 0 aromatic heterocycles. The first-order valence-corrected chi connectivity index (χ1v) is 37.3. The molecule has 0 N–H and O–H groups in total. The second kappa shape index (κ2) is 25.9. The Morgan fingerprint density at radius 1 is 0.212 bits per heavy atom. The lowest BCUT2D eigenvalue weighted by atomic mass is 9.31. The van der Waals surface area contributed by atoms with Crippen molar-refractivity contribution in [2.24, 2.45) is 0 Å². The van der Waals surface area contributed by atoms with Crippen LogP contribution in [0.25, 0.3) is 55.6 Å². The number of nitrogens with zero attached hydrogens (tertiary/aromatic N) is 4. The van der Waals surface area contributed by atoms with Crippen LogP contribution in [-0.2, 0) is 0 Å². The molecule has 16 aromatic rings. The van der Waals surface area contributed by atoms with Gasteiger partial charge in [-0.3, -0.25) is 0 Å². The van der Waals surface area contributed by atoms with Crippen LogP contribution in [0.2, 0.25) is 0 Å². The number of hydrogen-bond acceptors (Lipinski definition) is 6. The maximum atomic E-state index is 2.65. The highest BCUT2D eigenvalue weighted by atomic mass is 32.2. The van der Waals surface area contributed by atoms with Crippen molar-refractivity contribution < 1.29 is 0 Å². The lowest BCUT2D eigenvalue weighted by molar-refractivity contribution is 1.22. The highest BCUT2D eigenvalue weighted by molar-refractivity contribution is 8.01. The van der Waals surface area contributed by atoms with Crippen LogP contribution in [0.5, 0.6) is 0 Å². The number of benzene rings is 16. The summed E-state index contributed by atoms with van der Waals surface area (Å²) >= 11 is 3.84. The zero-order valence-electron chi connectivity index (χ0n) is 56.7. The van der Waals surface area contributed by atoms with Crippen molar-refractivity contribution in [2.75, 3.05) is 19.6 Å². The molecule has 8 heteroatoms. The summed E-state index contributed by atoms with van der Waals surface area (Å²) in [5.74, 6) is 0. The Bertz CT molecular complexity index is 5950. The summed E-state index contributed by atoms with van der Waals surface area (Å²) in [7, 11) is 0. The van der Waals surface area contributed by atoms with E-state index in [0.717, 1.165) is 102 Å². The Morgan fingerprint density at radius 3 is 1.15 bits per heavy atom.